The second-order valence-corrected chi connectivity index (χ2v) is 6.07. The van der Waals surface area contributed by atoms with E-state index >= 15 is 0 Å². The van der Waals surface area contributed by atoms with Gasteiger partial charge in [0.25, 0.3) is 0 Å². The van der Waals surface area contributed by atoms with Gasteiger partial charge in [0.1, 0.15) is 18.1 Å². The number of anilines is 1. The standard InChI is InChI=1S/C18H21BrN2O3/c1-13-3-4-14(11-17(13)19)21-18(22)12-20-9-10-24-16-7-5-15(23-2)6-8-16/h3-8,11,20H,9-10,12H2,1-2H3,(H,21,22). The first kappa shape index (κ1) is 18.3. The van der Waals surface area contributed by atoms with Crippen LogP contribution in [0.4, 0.5) is 5.69 Å². The Balaban J connectivity index is 1.64. The summed E-state index contributed by atoms with van der Waals surface area (Å²) in [5.74, 6) is 1.47. The number of carbonyl (C=O) groups excluding carboxylic acids is 1. The van der Waals surface area contributed by atoms with Crippen LogP contribution in [0.3, 0.4) is 0 Å². The molecule has 2 aromatic rings. The van der Waals surface area contributed by atoms with Crippen molar-refractivity contribution in [3.05, 3.63) is 52.5 Å². The summed E-state index contributed by atoms with van der Waals surface area (Å²) in [5.41, 5.74) is 1.90. The van der Waals surface area contributed by atoms with Crippen molar-refractivity contribution >= 4 is 27.5 Å². The zero-order valence-corrected chi connectivity index (χ0v) is 15.4. The Bertz CT molecular complexity index is 674. The van der Waals surface area contributed by atoms with Crippen molar-refractivity contribution in [1.29, 1.82) is 0 Å². The lowest BCUT2D eigenvalue weighted by atomic mass is 10.2. The Hall–Kier alpha value is -2.05. The van der Waals surface area contributed by atoms with Gasteiger partial charge < -0.3 is 20.1 Å². The number of rotatable bonds is 8. The zero-order chi connectivity index (χ0) is 17.4. The van der Waals surface area contributed by atoms with E-state index in [1.54, 1.807) is 7.11 Å². The van der Waals surface area contributed by atoms with E-state index in [2.05, 4.69) is 26.6 Å². The number of carbonyl (C=O) groups is 1. The molecule has 0 aliphatic carbocycles. The molecule has 6 heteroatoms. The number of amides is 1. The van der Waals surface area contributed by atoms with E-state index in [4.69, 9.17) is 9.47 Å². The Morgan fingerprint density at radius 1 is 1.12 bits per heavy atom. The molecule has 0 unspecified atom stereocenters. The lowest BCUT2D eigenvalue weighted by Crippen LogP contribution is -2.31. The Morgan fingerprint density at radius 2 is 1.83 bits per heavy atom. The molecule has 0 radical (unpaired) electrons. The van der Waals surface area contributed by atoms with Crippen molar-refractivity contribution in [2.24, 2.45) is 0 Å². The quantitative estimate of drug-likeness (QED) is 0.676. The lowest BCUT2D eigenvalue weighted by Gasteiger charge is -2.09. The van der Waals surface area contributed by atoms with Gasteiger partial charge in [-0.2, -0.15) is 0 Å². The third-order valence-corrected chi connectivity index (χ3v) is 4.20. The van der Waals surface area contributed by atoms with Crippen LogP contribution in [0.5, 0.6) is 11.5 Å². The smallest absolute Gasteiger partial charge is 0.238 e. The Labute approximate surface area is 150 Å². The van der Waals surface area contributed by atoms with Crippen LogP contribution in [0.15, 0.2) is 46.9 Å². The monoisotopic (exact) mass is 392 g/mol. The second-order valence-electron chi connectivity index (χ2n) is 5.21. The molecule has 5 nitrogen and oxygen atoms in total. The van der Waals surface area contributed by atoms with E-state index in [0.29, 0.717) is 13.2 Å². The predicted molar refractivity (Wildman–Crippen MR) is 98.9 cm³/mol. The topological polar surface area (TPSA) is 59.6 Å². The molecule has 0 spiro atoms. The van der Waals surface area contributed by atoms with E-state index in [1.165, 1.54) is 0 Å². The molecule has 0 bridgehead atoms. The van der Waals surface area contributed by atoms with Crippen LogP contribution in [-0.2, 0) is 4.79 Å². The molecule has 0 heterocycles. The minimum atomic E-state index is -0.0878. The molecule has 2 rings (SSSR count). The number of halogens is 1. The molecule has 0 aromatic heterocycles. The van der Waals surface area contributed by atoms with Gasteiger partial charge in [-0.05, 0) is 48.9 Å². The third kappa shape index (κ3) is 5.86. The maximum absolute atomic E-state index is 11.9. The van der Waals surface area contributed by atoms with Gasteiger partial charge in [0.2, 0.25) is 5.91 Å². The number of hydrogen-bond donors (Lipinski definition) is 2. The molecule has 0 saturated heterocycles. The van der Waals surface area contributed by atoms with Crippen LogP contribution in [0.25, 0.3) is 0 Å². The van der Waals surface area contributed by atoms with Crippen LogP contribution >= 0.6 is 15.9 Å². The lowest BCUT2D eigenvalue weighted by molar-refractivity contribution is -0.115. The number of benzene rings is 2. The zero-order valence-electron chi connectivity index (χ0n) is 13.8. The van der Waals surface area contributed by atoms with E-state index in [-0.39, 0.29) is 12.5 Å². The number of ether oxygens (including phenoxy) is 2. The van der Waals surface area contributed by atoms with Gasteiger partial charge in [0, 0.05) is 16.7 Å². The van der Waals surface area contributed by atoms with Gasteiger partial charge in [-0.1, -0.05) is 22.0 Å². The van der Waals surface area contributed by atoms with E-state index in [1.807, 2.05) is 49.4 Å². The first-order valence-electron chi connectivity index (χ1n) is 7.62. The van der Waals surface area contributed by atoms with E-state index in [9.17, 15) is 4.79 Å². The SMILES string of the molecule is COc1ccc(OCCNCC(=O)Nc2ccc(C)c(Br)c2)cc1. The number of aryl methyl sites for hydroxylation is 1. The summed E-state index contributed by atoms with van der Waals surface area (Å²) in [7, 11) is 1.63. The summed E-state index contributed by atoms with van der Waals surface area (Å²) in [5, 5.41) is 5.90. The summed E-state index contributed by atoms with van der Waals surface area (Å²) >= 11 is 3.45. The number of methoxy groups -OCH3 is 1. The van der Waals surface area contributed by atoms with Gasteiger partial charge in [-0.15, -0.1) is 0 Å². The molecule has 0 atom stereocenters. The van der Waals surface area contributed by atoms with Crippen molar-refractivity contribution < 1.29 is 14.3 Å². The molecule has 0 aliphatic rings. The Morgan fingerprint density at radius 3 is 2.50 bits per heavy atom. The minimum Gasteiger partial charge on any atom is -0.497 e. The van der Waals surface area contributed by atoms with Crippen LogP contribution in [0.1, 0.15) is 5.56 Å². The largest absolute Gasteiger partial charge is 0.497 e. The van der Waals surface area contributed by atoms with Crippen LogP contribution in [0, 0.1) is 6.92 Å². The fraction of sp³-hybridized carbons (Fsp3) is 0.278. The van der Waals surface area contributed by atoms with Crippen molar-refractivity contribution in [3.8, 4) is 11.5 Å². The molecule has 0 saturated carbocycles. The molecule has 0 aliphatic heterocycles. The van der Waals surface area contributed by atoms with Gasteiger partial charge >= 0.3 is 0 Å². The van der Waals surface area contributed by atoms with E-state index in [0.717, 1.165) is 27.2 Å². The highest BCUT2D eigenvalue weighted by atomic mass is 79.9. The summed E-state index contributed by atoms with van der Waals surface area (Å²) < 4.78 is 11.6. The molecule has 1 amide bonds. The van der Waals surface area contributed by atoms with Gasteiger partial charge in [0.15, 0.2) is 0 Å². The van der Waals surface area contributed by atoms with Gasteiger partial charge in [-0.3, -0.25) is 4.79 Å². The maximum atomic E-state index is 11.9. The minimum absolute atomic E-state index is 0.0878. The number of nitrogens with one attached hydrogen (secondary N) is 2. The molecule has 2 N–H and O–H groups in total. The highest BCUT2D eigenvalue weighted by Gasteiger charge is 2.03. The maximum Gasteiger partial charge on any atom is 0.238 e. The number of hydrogen-bond acceptors (Lipinski definition) is 4. The highest BCUT2D eigenvalue weighted by molar-refractivity contribution is 9.10. The van der Waals surface area contributed by atoms with Crippen molar-refractivity contribution in [3.63, 3.8) is 0 Å². The van der Waals surface area contributed by atoms with Crippen molar-refractivity contribution in [2.45, 2.75) is 6.92 Å². The molecule has 2 aromatic carbocycles. The molecular formula is C18H21BrN2O3. The van der Waals surface area contributed by atoms with Gasteiger partial charge in [0.05, 0.1) is 13.7 Å². The Kier molecular flexibility index (Phi) is 7.08. The predicted octanol–water partition coefficient (Wildman–Crippen LogP) is 3.37. The summed E-state index contributed by atoms with van der Waals surface area (Å²) in [6, 6.07) is 13.1. The average molecular weight is 393 g/mol. The first-order chi connectivity index (χ1) is 11.6. The van der Waals surface area contributed by atoms with Crippen LogP contribution < -0.4 is 20.1 Å². The van der Waals surface area contributed by atoms with Crippen molar-refractivity contribution in [2.75, 3.05) is 32.1 Å². The average Bonchev–Trinajstić information content (AvgIpc) is 2.58. The fourth-order valence-electron chi connectivity index (χ4n) is 1.99. The van der Waals surface area contributed by atoms with Crippen LogP contribution in [-0.4, -0.2) is 32.7 Å². The van der Waals surface area contributed by atoms with Gasteiger partial charge in [-0.25, -0.2) is 0 Å². The molecule has 24 heavy (non-hydrogen) atoms. The third-order valence-electron chi connectivity index (χ3n) is 3.35. The molecule has 0 fully saturated rings. The normalized spacial score (nSPS) is 10.3. The summed E-state index contributed by atoms with van der Waals surface area (Å²) in [6.07, 6.45) is 0. The summed E-state index contributed by atoms with van der Waals surface area (Å²) in [6.45, 7) is 3.30. The summed E-state index contributed by atoms with van der Waals surface area (Å²) in [4.78, 5) is 11.9. The molecular weight excluding hydrogens is 372 g/mol. The highest BCUT2D eigenvalue weighted by Crippen LogP contribution is 2.20. The molecule has 128 valence electrons. The first-order valence-corrected chi connectivity index (χ1v) is 8.41. The van der Waals surface area contributed by atoms with E-state index < -0.39 is 0 Å². The fourth-order valence-corrected chi connectivity index (χ4v) is 2.37. The van der Waals surface area contributed by atoms with Crippen LogP contribution in [0.2, 0.25) is 0 Å². The van der Waals surface area contributed by atoms with Crippen molar-refractivity contribution in [1.82, 2.24) is 5.32 Å². The second kappa shape index (κ2) is 9.30.